The molecule has 43 heavy (non-hydrogen) atoms. The number of carbonyl (C=O) groups is 2. The Bertz CT molecular complexity index is 1880. The molecule has 1 aliphatic heterocycles. The van der Waals surface area contributed by atoms with Crippen molar-refractivity contribution < 1.29 is 27.1 Å². The Hall–Kier alpha value is -4.75. The smallest absolute Gasteiger partial charge is 0.337 e. The lowest BCUT2D eigenvalue weighted by atomic mass is 9.90. The first-order valence-corrected chi connectivity index (χ1v) is 15.1. The van der Waals surface area contributed by atoms with E-state index < -0.39 is 27.7 Å². The van der Waals surface area contributed by atoms with Crippen molar-refractivity contribution in [1.29, 1.82) is 0 Å². The fraction of sp³-hybridized carbons (Fsp3) is 0.233. The zero-order valence-electron chi connectivity index (χ0n) is 23.9. The van der Waals surface area contributed by atoms with Crippen LogP contribution in [0.1, 0.15) is 27.4 Å². The highest BCUT2D eigenvalue weighted by Crippen LogP contribution is 2.38. The predicted octanol–water partition coefficient (Wildman–Crippen LogP) is 3.74. The van der Waals surface area contributed by atoms with Gasteiger partial charge >= 0.3 is 5.97 Å². The number of aliphatic imine (C=N–C) groups is 1. The van der Waals surface area contributed by atoms with Crippen LogP contribution < -0.4 is 9.62 Å². The molecule has 1 aromatic heterocycles. The number of carbonyl (C=O) groups excluding carboxylic acids is 2. The molecule has 0 spiro atoms. The van der Waals surface area contributed by atoms with E-state index in [0.29, 0.717) is 40.1 Å². The SMILES string of the molecule is COC(=O)c1ccc2c(c1)NC(=O)C2C(=Nc1ccc(N(CCN(C)C)S(C)(=O)=O)c(F)c1)c1ccc2nccnc2c1. The van der Waals surface area contributed by atoms with Crippen LogP contribution >= 0.6 is 0 Å². The fourth-order valence-corrected chi connectivity index (χ4v) is 5.78. The van der Waals surface area contributed by atoms with Crippen LogP contribution in [0.5, 0.6) is 0 Å². The van der Waals surface area contributed by atoms with Crippen molar-refractivity contribution in [3.05, 3.63) is 89.5 Å². The Labute approximate surface area is 248 Å². The first-order chi connectivity index (χ1) is 20.5. The van der Waals surface area contributed by atoms with E-state index in [1.54, 1.807) is 61.7 Å². The lowest BCUT2D eigenvalue weighted by Gasteiger charge is -2.24. The molecule has 1 N–H and O–H groups in total. The van der Waals surface area contributed by atoms with Crippen molar-refractivity contribution in [2.24, 2.45) is 4.99 Å². The number of hydrogen-bond acceptors (Lipinski definition) is 9. The van der Waals surface area contributed by atoms with Crippen LogP contribution in [0.2, 0.25) is 0 Å². The molecule has 0 radical (unpaired) electrons. The third kappa shape index (κ3) is 6.22. The van der Waals surface area contributed by atoms with Gasteiger partial charge in [-0.3, -0.25) is 24.1 Å². The van der Waals surface area contributed by atoms with Crippen LogP contribution in [0.4, 0.5) is 21.5 Å². The van der Waals surface area contributed by atoms with Crippen LogP contribution in [0, 0.1) is 5.82 Å². The molecule has 13 heteroatoms. The van der Waals surface area contributed by atoms with E-state index in [2.05, 4.69) is 15.3 Å². The maximum Gasteiger partial charge on any atom is 0.337 e. The van der Waals surface area contributed by atoms with Gasteiger partial charge < -0.3 is 15.0 Å². The number of ether oxygens (including phenoxy) is 1. The molecule has 0 fully saturated rings. The number of esters is 1. The van der Waals surface area contributed by atoms with Gasteiger partial charge in [0.25, 0.3) is 0 Å². The minimum absolute atomic E-state index is 0.0569. The van der Waals surface area contributed by atoms with Crippen molar-refractivity contribution in [1.82, 2.24) is 14.9 Å². The van der Waals surface area contributed by atoms with E-state index in [1.165, 1.54) is 25.3 Å². The molecule has 1 unspecified atom stereocenters. The van der Waals surface area contributed by atoms with E-state index in [9.17, 15) is 18.0 Å². The van der Waals surface area contributed by atoms with Gasteiger partial charge in [-0.1, -0.05) is 12.1 Å². The average Bonchev–Trinajstić information content (AvgIpc) is 3.30. The van der Waals surface area contributed by atoms with Crippen LogP contribution in [-0.4, -0.2) is 81.4 Å². The second-order valence-corrected chi connectivity index (χ2v) is 12.2. The average molecular weight is 605 g/mol. The third-order valence-electron chi connectivity index (χ3n) is 6.94. The highest BCUT2D eigenvalue weighted by Gasteiger charge is 2.36. The van der Waals surface area contributed by atoms with Gasteiger partial charge in [0.15, 0.2) is 0 Å². The molecule has 0 aliphatic carbocycles. The number of nitrogens with zero attached hydrogens (tertiary/aromatic N) is 5. The Morgan fingerprint density at radius 3 is 2.40 bits per heavy atom. The van der Waals surface area contributed by atoms with E-state index >= 15 is 4.39 Å². The quantitative estimate of drug-likeness (QED) is 0.226. The Balaban J connectivity index is 1.63. The lowest BCUT2D eigenvalue weighted by molar-refractivity contribution is -0.115. The Morgan fingerprint density at radius 1 is 1.00 bits per heavy atom. The number of likely N-dealkylation sites (N-methyl/N-ethyl adjacent to an activating group) is 1. The molecule has 5 rings (SSSR count). The molecule has 2 heterocycles. The number of amides is 1. The Kier molecular flexibility index (Phi) is 8.20. The van der Waals surface area contributed by atoms with Crippen molar-refractivity contribution in [2.45, 2.75) is 5.92 Å². The normalized spacial score (nSPS) is 15.0. The van der Waals surface area contributed by atoms with Crippen LogP contribution in [0.15, 0.2) is 72.0 Å². The molecule has 0 saturated heterocycles. The van der Waals surface area contributed by atoms with E-state index in [-0.39, 0.29) is 29.4 Å². The van der Waals surface area contributed by atoms with E-state index in [0.717, 1.165) is 16.6 Å². The molecule has 11 nitrogen and oxygen atoms in total. The van der Waals surface area contributed by atoms with Gasteiger partial charge in [-0.25, -0.2) is 17.6 Å². The topological polar surface area (TPSA) is 134 Å². The number of sulfonamides is 1. The molecule has 1 aliphatic rings. The van der Waals surface area contributed by atoms with Crippen molar-refractivity contribution >= 4 is 55.7 Å². The molecule has 3 aromatic carbocycles. The first kappa shape index (κ1) is 29.7. The number of fused-ring (bicyclic) bond motifs is 2. The number of hydrogen-bond donors (Lipinski definition) is 1. The van der Waals surface area contributed by atoms with Gasteiger partial charge in [0.2, 0.25) is 15.9 Å². The van der Waals surface area contributed by atoms with Gasteiger partial charge in [0.05, 0.1) is 47.0 Å². The zero-order valence-corrected chi connectivity index (χ0v) is 24.7. The van der Waals surface area contributed by atoms with Crippen LogP contribution in [-0.2, 0) is 19.6 Å². The summed E-state index contributed by atoms with van der Waals surface area (Å²) in [6.07, 6.45) is 4.14. The minimum Gasteiger partial charge on any atom is -0.465 e. The van der Waals surface area contributed by atoms with Crippen LogP contribution in [0.3, 0.4) is 0 Å². The molecular formula is C30H29FN6O5S. The summed E-state index contributed by atoms with van der Waals surface area (Å²) in [5, 5.41) is 2.81. The number of rotatable bonds is 9. The van der Waals surface area contributed by atoms with Crippen molar-refractivity contribution in [3.63, 3.8) is 0 Å². The summed E-state index contributed by atoms with van der Waals surface area (Å²) in [5.74, 6) is -2.63. The van der Waals surface area contributed by atoms with Crippen molar-refractivity contribution in [2.75, 3.05) is 50.2 Å². The number of aromatic nitrogens is 2. The number of nitrogens with one attached hydrogen (secondary N) is 1. The minimum atomic E-state index is -3.77. The monoisotopic (exact) mass is 604 g/mol. The number of methoxy groups -OCH3 is 1. The van der Waals surface area contributed by atoms with Gasteiger partial charge in [-0.05, 0) is 61.6 Å². The molecule has 1 amide bonds. The number of halogens is 1. The summed E-state index contributed by atoms with van der Waals surface area (Å²) in [6.45, 7) is 0.441. The molecule has 0 bridgehead atoms. The maximum atomic E-state index is 15.5. The highest BCUT2D eigenvalue weighted by molar-refractivity contribution is 7.92. The molecule has 4 aromatic rings. The van der Waals surface area contributed by atoms with Gasteiger partial charge in [-0.15, -0.1) is 0 Å². The first-order valence-electron chi connectivity index (χ1n) is 13.2. The zero-order chi connectivity index (χ0) is 30.9. The summed E-state index contributed by atoms with van der Waals surface area (Å²) < 4.78 is 46.3. The second kappa shape index (κ2) is 11.9. The second-order valence-electron chi connectivity index (χ2n) is 10.2. The molecular weight excluding hydrogens is 575 g/mol. The van der Waals surface area contributed by atoms with Gasteiger partial charge in [-0.2, -0.15) is 0 Å². The van der Waals surface area contributed by atoms with Gasteiger partial charge in [0.1, 0.15) is 11.7 Å². The number of benzene rings is 3. The van der Waals surface area contributed by atoms with Crippen LogP contribution in [0.25, 0.3) is 11.0 Å². The van der Waals surface area contributed by atoms with Crippen molar-refractivity contribution in [3.8, 4) is 0 Å². The summed E-state index contributed by atoms with van der Waals surface area (Å²) >= 11 is 0. The summed E-state index contributed by atoms with van der Waals surface area (Å²) in [4.78, 5) is 40.7. The summed E-state index contributed by atoms with van der Waals surface area (Å²) in [5.41, 5.74) is 3.38. The summed E-state index contributed by atoms with van der Waals surface area (Å²) in [6, 6.07) is 14.0. The standard InChI is InChI=1S/C30H29FN6O5S/c1-36(2)13-14-37(43(4,40)41)26-10-7-20(17-22(26)31)34-28(18-6-9-23-25(15-18)33-12-11-32-23)27-21-8-5-19(30(39)42-3)16-24(21)35-29(27)38/h5-12,15-17,27H,13-14H2,1-4H3,(H,35,38). The maximum absolute atomic E-state index is 15.5. The molecule has 222 valence electrons. The van der Waals surface area contributed by atoms with Gasteiger partial charge in [0, 0.05) is 37.2 Å². The molecule has 0 saturated carbocycles. The van der Waals surface area contributed by atoms with E-state index in [1.807, 2.05) is 0 Å². The lowest BCUT2D eigenvalue weighted by Crippen LogP contribution is -2.36. The predicted molar refractivity (Wildman–Crippen MR) is 162 cm³/mol. The Morgan fingerprint density at radius 2 is 1.72 bits per heavy atom. The summed E-state index contributed by atoms with van der Waals surface area (Å²) in [7, 11) is 1.09. The largest absolute Gasteiger partial charge is 0.465 e. The van der Waals surface area contributed by atoms with E-state index in [4.69, 9.17) is 9.73 Å². The highest BCUT2D eigenvalue weighted by atomic mass is 32.2. The third-order valence-corrected chi connectivity index (χ3v) is 8.12. The molecule has 1 atom stereocenters. The fourth-order valence-electron chi connectivity index (χ4n) is 4.86. The number of anilines is 2.